The molecule has 0 aliphatic rings. The molecule has 0 spiro atoms. The van der Waals surface area contributed by atoms with Gasteiger partial charge in [0.15, 0.2) is 0 Å². The summed E-state index contributed by atoms with van der Waals surface area (Å²) in [6, 6.07) is 15.1. The molecule has 2 aromatic heterocycles. The summed E-state index contributed by atoms with van der Waals surface area (Å²) in [5.41, 5.74) is 1.82. The molecule has 0 radical (unpaired) electrons. The fourth-order valence-corrected chi connectivity index (χ4v) is 2.88. The number of carbonyl (C=O) groups excluding carboxylic acids is 1. The summed E-state index contributed by atoms with van der Waals surface area (Å²) in [6.07, 6.45) is 1.69. The molecule has 0 saturated carbocycles. The summed E-state index contributed by atoms with van der Waals surface area (Å²) in [5, 5.41) is 7.89. The Bertz CT molecular complexity index is 772. The van der Waals surface area contributed by atoms with Crippen molar-refractivity contribution in [1.29, 1.82) is 0 Å². The molecule has 1 aromatic carbocycles. The number of nitrogens with zero attached hydrogens (tertiary/aromatic N) is 1. The highest BCUT2D eigenvalue weighted by Crippen LogP contribution is 2.21. The summed E-state index contributed by atoms with van der Waals surface area (Å²) in [4.78, 5) is 16.8. The van der Waals surface area contributed by atoms with E-state index in [9.17, 15) is 4.79 Å². The fourth-order valence-electron chi connectivity index (χ4n) is 1.86. The lowest BCUT2D eigenvalue weighted by Gasteiger charge is -2.08. The third-order valence-electron chi connectivity index (χ3n) is 2.86. The van der Waals surface area contributed by atoms with Crippen molar-refractivity contribution in [2.75, 3.05) is 10.6 Å². The van der Waals surface area contributed by atoms with Crippen molar-refractivity contribution in [2.45, 2.75) is 0 Å². The van der Waals surface area contributed by atoms with Gasteiger partial charge in [-0.1, -0.05) is 28.1 Å². The van der Waals surface area contributed by atoms with E-state index in [2.05, 4.69) is 31.5 Å². The Hall–Kier alpha value is -2.18. The highest BCUT2D eigenvalue weighted by Gasteiger charge is 2.07. The molecule has 6 heteroatoms. The van der Waals surface area contributed by atoms with E-state index < -0.39 is 0 Å². The Morgan fingerprint density at radius 1 is 1.09 bits per heavy atom. The van der Waals surface area contributed by atoms with Crippen molar-refractivity contribution >= 4 is 50.4 Å². The lowest BCUT2D eigenvalue weighted by atomic mass is 10.3. The smallest absolute Gasteiger partial charge is 0.266 e. The minimum absolute atomic E-state index is 0.143. The van der Waals surface area contributed by atoms with Crippen LogP contribution in [0.1, 0.15) is 9.67 Å². The minimum atomic E-state index is -0.143. The van der Waals surface area contributed by atoms with Crippen molar-refractivity contribution in [3.63, 3.8) is 0 Å². The standard InChI is InChI=1S/C16H12BrN3OS/c17-11-3-1-4-12(9-11)19-13-6-7-15(18-10-13)20-16(21)14-5-2-8-22-14/h1-10,19H,(H,18,20,21). The van der Waals surface area contributed by atoms with E-state index in [1.807, 2.05) is 41.8 Å². The van der Waals surface area contributed by atoms with E-state index in [1.165, 1.54) is 11.3 Å². The molecule has 0 atom stereocenters. The molecule has 0 aliphatic heterocycles. The molecule has 4 nitrogen and oxygen atoms in total. The van der Waals surface area contributed by atoms with Crippen LogP contribution < -0.4 is 10.6 Å². The first-order chi connectivity index (χ1) is 10.7. The summed E-state index contributed by atoms with van der Waals surface area (Å²) >= 11 is 4.83. The summed E-state index contributed by atoms with van der Waals surface area (Å²) < 4.78 is 1.00. The maximum atomic E-state index is 11.9. The van der Waals surface area contributed by atoms with E-state index in [0.29, 0.717) is 10.7 Å². The molecule has 2 N–H and O–H groups in total. The minimum Gasteiger partial charge on any atom is -0.354 e. The molecule has 0 bridgehead atoms. The number of hydrogen-bond donors (Lipinski definition) is 2. The number of aromatic nitrogens is 1. The topological polar surface area (TPSA) is 54.0 Å². The van der Waals surface area contributed by atoms with E-state index in [-0.39, 0.29) is 5.91 Å². The second-order valence-corrected chi connectivity index (χ2v) is 6.36. The third kappa shape index (κ3) is 3.72. The molecule has 0 fully saturated rings. The van der Waals surface area contributed by atoms with Crippen molar-refractivity contribution < 1.29 is 4.79 Å². The average molecular weight is 374 g/mol. The van der Waals surface area contributed by atoms with E-state index in [1.54, 1.807) is 18.3 Å². The van der Waals surface area contributed by atoms with Crippen molar-refractivity contribution in [1.82, 2.24) is 4.98 Å². The van der Waals surface area contributed by atoms with Gasteiger partial charge in [0, 0.05) is 10.2 Å². The number of hydrogen-bond acceptors (Lipinski definition) is 4. The SMILES string of the molecule is O=C(Nc1ccc(Nc2cccc(Br)c2)cn1)c1cccs1. The van der Waals surface area contributed by atoms with Gasteiger partial charge < -0.3 is 10.6 Å². The summed E-state index contributed by atoms with van der Waals surface area (Å²) in [5.74, 6) is 0.383. The van der Waals surface area contributed by atoms with Gasteiger partial charge in [-0.05, 0) is 41.8 Å². The second-order valence-electron chi connectivity index (χ2n) is 4.50. The molecule has 0 aliphatic carbocycles. The quantitative estimate of drug-likeness (QED) is 0.683. The predicted molar refractivity (Wildman–Crippen MR) is 93.9 cm³/mol. The van der Waals surface area contributed by atoms with Crippen molar-refractivity contribution in [2.24, 2.45) is 0 Å². The van der Waals surface area contributed by atoms with Crippen LogP contribution in [0.5, 0.6) is 0 Å². The highest BCUT2D eigenvalue weighted by molar-refractivity contribution is 9.10. The molecule has 0 unspecified atom stereocenters. The first kappa shape index (κ1) is 14.7. The maximum Gasteiger partial charge on any atom is 0.266 e. The van der Waals surface area contributed by atoms with Crippen LogP contribution in [0.3, 0.4) is 0 Å². The van der Waals surface area contributed by atoms with E-state index >= 15 is 0 Å². The molecular weight excluding hydrogens is 362 g/mol. The fraction of sp³-hybridized carbons (Fsp3) is 0. The van der Waals surface area contributed by atoms with Gasteiger partial charge in [-0.25, -0.2) is 4.98 Å². The van der Waals surface area contributed by atoms with Crippen LogP contribution >= 0.6 is 27.3 Å². The van der Waals surface area contributed by atoms with Gasteiger partial charge in [0.25, 0.3) is 5.91 Å². The Morgan fingerprint density at radius 3 is 2.68 bits per heavy atom. The Kier molecular flexibility index (Phi) is 4.50. The molecular formula is C16H12BrN3OS. The van der Waals surface area contributed by atoms with E-state index in [4.69, 9.17) is 0 Å². The Labute approximate surface area is 140 Å². The number of benzene rings is 1. The van der Waals surface area contributed by atoms with Crippen LogP contribution in [-0.4, -0.2) is 10.9 Å². The van der Waals surface area contributed by atoms with Crippen LogP contribution in [0, 0.1) is 0 Å². The van der Waals surface area contributed by atoms with Gasteiger partial charge in [0.05, 0.1) is 16.8 Å². The first-order valence-electron chi connectivity index (χ1n) is 6.54. The molecule has 2 heterocycles. The van der Waals surface area contributed by atoms with Gasteiger partial charge in [-0.3, -0.25) is 4.79 Å². The van der Waals surface area contributed by atoms with Crippen LogP contribution in [-0.2, 0) is 0 Å². The van der Waals surface area contributed by atoms with Gasteiger partial charge in [-0.2, -0.15) is 0 Å². The van der Waals surface area contributed by atoms with Crippen LogP contribution in [0.25, 0.3) is 0 Å². The number of carbonyl (C=O) groups is 1. The van der Waals surface area contributed by atoms with Crippen LogP contribution in [0.15, 0.2) is 64.6 Å². The van der Waals surface area contributed by atoms with Crippen molar-refractivity contribution in [3.05, 3.63) is 69.5 Å². The van der Waals surface area contributed by atoms with Gasteiger partial charge in [-0.15, -0.1) is 11.3 Å². The number of pyridine rings is 1. The lowest BCUT2D eigenvalue weighted by Crippen LogP contribution is -2.11. The van der Waals surface area contributed by atoms with Gasteiger partial charge in [0.1, 0.15) is 5.82 Å². The van der Waals surface area contributed by atoms with E-state index in [0.717, 1.165) is 15.8 Å². The Balaban J connectivity index is 1.66. The molecule has 110 valence electrons. The van der Waals surface area contributed by atoms with Gasteiger partial charge >= 0.3 is 0 Å². The summed E-state index contributed by atoms with van der Waals surface area (Å²) in [6.45, 7) is 0. The lowest BCUT2D eigenvalue weighted by molar-refractivity contribution is 0.103. The highest BCUT2D eigenvalue weighted by atomic mass is 79.9. The number of amides is 1. The zero-order valence-corrected chi connectivity index (χ0v) is 13.8. The average Bonchev–Trinajstić information content (AvgIpc) is 3.04. The van der Waals surface area contributed by atoms with Crippen molar-refractivity contribution in [3.8, 4) is 0 Å². The van der Waals surface area contributed by atoms with Crippen LogP contribution in [0.4, 0.5) is 17.2 Å². The molecule has 3 aromatic rings. The van der Waals surface area contributed by atoms with Crippen LogP contribution in [0.2, 0.25) is 0 Å². The number of halogens is 1. The predicted octanol–water partition coefficient (Wildman–Crippen LogP) is 4.90. The summed E-state index contributed by atoms with van der Waals surface area (Å²) in [7, 11) is 0. The molecule has 1 amide bonds. The first-order valence-corrected chi connectivity index (χ1v) is 8.21. The third-order valence-corrected chi connectivity index (χ3v) is 4.23. The number of rotatable bonds is 4. The monoisotopic (exact) mass is 373 g/mol. The zero-order chi connectivity index (χ0) is 15.4. The second kappa shape index (κ2) is 6.72. The molecule has 22 heavy (non-hydrogen) atoms. The molecule has 3 rings (SSSR count). The largest absolute Gasteiger partial charge is 0.354 e. The zero-order valence-electron chi connectivity index (χ0n) is 11.4. The normalized spacial score (nSPS) is 10.2. The van der Waals surface area contributed by atoms with Gasteiger partial charge in [0.2, 0.25) is 0 Å². The number of nitrogens with one attached hydrogen (secondary N) is 2. The Morgan fingerprint density at radius 2 is 2.00 bits per heavy atom. The number of thiophene rings is 1. The number of anilines is 3. The molecule has 0 saturated heterocycles. The maximum absolute atomic E-state index is 11.9.